The summed E-state index contributed by atoms with van der Waals surface area (Å²) in [5, 5.41) is 8.72. The molecule has 0 spiro atoms. The van der Waals surface area contributed by atoms with Gasteiger partial charge in [-0.1, -0.05) is 0 Å². The minimum absolute atomic E-state index is 0.101. The van der Waals surface area contributed by atoms with Crippen molar-refractivity contribution in [3.05, 3.63) is 0 Å². The molecule has 5 heteroatoms. The van der Waals surface area contributed by atoms with Crippen LogP contribution in [0.15, 0.2) is 0 Å². The zero-order valence-electron chi connectivity index (χ0n) is 8.74. The molecule has 0 aliphatic heterocycles. The van der Waals surface area contributed by atoms with Gasteiger partial charge in [0.15, 0.2) is 5.92 Å². The summed E-state index contributed by atoms with van der Waals surface area (Å²) in [6.07, 6.45) is 0.101. The molecule has 0 amide bonds. The molecule has 0 saturated carbocycles. The van der Waals surface area contributed by atoms with E-state index in [1.807, 2.05) is 0 Å². The molecular weight excluding hydrogens is 186 g/mol. The number of carboxylic acid groups (broad SMARTS) is 1. The second kappa shape index (κ2) is 4.95. The predicted octanol–water partition coefficient (Wildman–Crippen LogP) is 0.378. The van der Waals surface area contributed by atoms with Gasteiger partial charge in [-0.05, 0) is 33.7 Å². The molecule has 0 radical (unpaired) electrons. The second-order valence-electron chi connectivity index (χ2n) is 4.00. The quantitative estimate of drug-likeness (QED) is 0.509. The minimum Gasteiger partial charge on any atom is -0.481 e. The van der Waals surface area contributed by atoms with Crippen molar-refractivity contribution in [2.75, 3.05) is 6.54 Å². The van der Waals surface area contributed by atoms with Crippen molar-refractivity contribution in [1.29, 1.82) is 0 Å². The van der Waals surface area contributed by atoms with Gasteiger partial charge in [-0.3, -0.25) is 9.59 Å². The van der Waals surface area contributed by atoms with E-state index in [2.05, 4.69) is 0 Å². The molecule has 0 bridgehead atoms. The van der Waals surface area contributed by atoms with Gasteiger partial charge in [-0.15, -0.1) is 0 Å². The largest absolute Gasteiger partial charge is 0.481 e. The SMILES string of the molecule is CC(C)(C)OC(=O)[C@@H](CCN)C(=O)O. The number of carbonyl (C=O) groups excluding carboxylic acids is 1. The van der Waals surface area contributed by atoms with Crippen LogP contribution in [0.1, 0.15) is 27.2 Å². The van der Waals surface area contributed by atoms with Crippen LogP contribution in [0.2, 0.25) is 0 Å². The minimum atomic E-state index is -1.19. The summed E-state index contributed by atoms with van der Waals surface area (Å²) in [7, 11) is 0. The molecule has 0 rings (SSSR count). The first-order valence-electron chi connectivity index (χ1n) is 4.43. The first kappa shape index (κ1) is 12.9. The molecule has 0 aromatic carbocycles. The van der Waals surface area contributed by atoms with Crippen LogP contribution >= 0.6 is 0 Å². The zero-order valence-corrected chi connectivity index (χ0v) is 8.74. The van der Waals surface area contributed by atoms with E-state index < -0.39 is 23.5 Å². The van der Waals surface area contributed by atoms with Crippen molar-refractivity contribution in [3.63, 3.8) is 0 Å². The normalized spacial score (nSPS) is 13.4. The lowest BCUT2D eigenvalue weighted by molar-refractivity contribution is -0.166. The summed E-state index contributed by atoms with van der Waals surface area (Å²) in [6.45, 7) is 5.21. The molecule has 14 heavy (non-hydrogen) atoms. The van der Waals surface area contributed by atoms with Crippen LogP contribution in [0.5, 0.6) is 0 Å². The Morgan fingerprint density at radius 3 is 2.21 bits per heavy atom. The lowest BCUT2D eigenvalue weighted by Crippen LogP contribution is -2.33. The van der Waals surface area contributed by atoms with E-state index >= 15 is 0 Å². The maximum atomic E-state index is 11.3. The molecule has 0 heterocycles. The van der Waals surface area contributed by atoms with E-state index in [1.165, 1.54) is 0 Å². The fourth-order valence-electron chi connectivity index (χ4n) is 0.882. The van der Waals surface area contributed by atoms with Crippen LogP contribution < -0.4 is 5.73 Å². The van der Waals surface area contributed by atoms with Crippen molar-refractivity contribution in [3.8, 4) is 0 Å². The number of ether oxygens (including phenoxy) is 1. The molecule has 0 unspecified atom stereocenters. The van der Waals surface area contributed by atoms with Crippen LogP contribution in [0, 0.1) is 5.92 Å². The van der Waals surface area contributed by atoms with Crippen LogP contribution in [0.25, 0.3) is 0 Å². The van der Waals surface area contributed by atoms with E-state index in [1.54, 1.807) is 20.8 Å². The van der Waals surface area contributed by atoms with Gasteiger partial charge >= 0.3 is 11.9 Å². The fourth-order valence-corrected chi connectivity index (χ4v) is 0.882. The summed E-state index contributed by atoms with van der Waals surface area (Å²) in [5.74, 6) is -3.07. The number of carbonyl (C=O) groups is 2. The third-order valence-corrected chi connectivity index (χ3v) is 1.44. The lowest BCUT2D eigenvalue weighted by Gasteiger charge is -2.21. The topological polar surface area (TPSA) is 89.6 Å². The molecule has 0 aromatic heterocycles. The highest BCUT2D eigenvalue weighted by atomic mass is 16.6. The molecule has 0 fully saturated rings. The number of hydrogen-bond donors (Lipinski definition) is 2. The molecule has 3 N–H and O–H groups in total. The third-order valence-electron chi connectivity index (χ3n) is 1.44. The Kier molecular flexibility index (Phi) is 4.56. The van der Waals surface area contributed by atoms with Crippen molar-refractivity contribution in [1.82, 2.24) is 0 Å². The first-order valence-corrected chi connectivity index (χ1v) is 4.43. The van der Waals surface area contributed by atoms with Gasteiger partial charge in [0.1, 0.15) is 5.60 Å². The number of rotatable bonds is 4. The maximum Gasteiger partial charge on any atom is 0.320 e. The Labute approximate surface area is 83.2 Å². The van der Waals surface area contributed by atoms with Crippen LogP contribution in [-0.4, -0.2) is 29.2 Å². The maximum absolute atomic E-state index is 11.3. The van der Waals surface area contributed by atoms with Gasteiger partial charge in [0, 0.05) is 0 Å². The van der Waals surface area contributed by atoms with Gasteiger partial charge in [0.25, 0.3) is 0 Å². The molecular formula is C9H17NO4. The Bertz CT molecular complexity index is 219. The van der Waals surface area contributed by atoms with Crippen LogP contribution in [0.4, 0.5) is 0 Å². The lowest BCUT2D eigenvalue weighted by atomic mass is 10.1. The Morgan fingerprint density at radius 1 is 1.43 bits per heavy atom. The number of hydrogen-bond acceptors (Lipinski definition) is 4. The molecule has 82 valence electrons. The second-order valence-corrected chi connectivity index (χ2v) is 4.00. The van der Waals surface area contributed by atoms with Crippen molar-refractivity contribution in [2.24, 2.45) is 11.7 Å². The summed E-state index contributed by atoms with van der Waals surface area (Å²) in [4.78, 5) is 22.0. The number of esters is 1. The summed E-state index contributed by atoms with van der Waals surface area (Å²) in [5.41, 5.74) is 4.53. The van der Waals surface area contributed by atoms with Gasteiger partial charge in [-0.25, -0.2) is 0 Å². The van der Waals surface area contributed by atoms with E-state index in [-0.39, 0.29) is 13.0 Å². The van der Waals surface area contributed by atoms with Crippen molar-refractivity contribution in [2.45, 2.75) is 32.8 Å². The zero-order chi connectivity index (χ0) is 11.4. The van der Waals surface area contributed by atoms with Crippen LogP contribution in [-0.2, 0) is 14.3 Å². The smallest absolute Gasteiger partial charge is 0.320 e. The molecule has 5 nitrogen and oxygen atoms in total. The van der Waals surface area contributed by atoms with E-state index in [0.29, 0.717) is 0 Å². The molecule has 1 atom stereocenters. The van der Waals surface area contributed by atoms with Crippen LogP contribution in [0.3, 0.4) is 0 Å². The molecule has 0 aliphatic carbocycles. The summed E-state index contributed by atoms with van der Waals surface area (Å²) >= 11 is 0. The third kappa shape index (κ3) is 4.81. The number of carboxylic acids is 1. The number of aliphatic carboxylic acids is 1. The molecule has 0 aliphatic rings. The van der Waals surface area contributed by atoms with Gasteiger partial charge in [0.05, 0.1) is 0 Å². The summed E-state index contributed by atoms with van der Waals surface area (Å²) < 4.78 is 4.94. The average Bonchev–Trinajstić information content (AvgIpc) is 1.95. The number of nitrogens with two attached hydrogens (primary N) is 1. The average molecular weight is 203 g/mol. The molecule has 0 saturated heterocycles. The highest BCUT2D eigenvalue weighted by molar-refractivity contribution is 5.94. The van der Waals surface area contributed by atoms with Gasteiger partial charge in [0.2, 0.25) is 0 Å². The highest BCUT2D eigenvalue weighted by Gasteiger charge is 2.30. The molecule has 0 aromatic rings. The standard InChI is InChI=1S/C9H17NO4/c1-9(2,3)14-8(13)6(4-5-10)7(11)12/h6H,4-5,10H2,1-3H3,(H,11,12)/t6-/m0/s1. The predicted molar refractivity (Wildman–Crippen MR) is 50.6 cm³/mol. The van der Waals surface area contributed by atoms with E-state index in [4.69, 9.17) is 15.6 Å². The van der Waals surface area contributed by atoms with Crippen molar-refractivity contribution < 1.29 is 19.4 Å². The van der Waals surface area contributed by atoms with E-state index in [0.717, 1.165) is 0 Å². The van der Waals surface area contributed by atoms with Gasteiger partial charge < -0.3 is 15.6 Å². The Hall–Kier alpha value is -1.10. The monoisotopic (exact) mass is 203 g/mol. The first-order chi connectivity index (χ1) is 6.28. The van der Waals surface area contributed by atoms with E-state index in [9.17, 15) is 9.59 Å². The highest BCUT2D eigenvalue weighted by Crippen LogP contribution is 2.13. The van der Waals surface area contributed by atoms with Crippen molar-refractivity contribution >= 4 is 11.9 Å². The Morgan fingerprint density at radius 2 is 1.93 bits per heavy atom. The fraction of sp³-hybridized carbons (Fsp3) is 0.778. The van der Waals surface area contributed by atoms with Gasteiger partial charge in [-0.2, -0.15) is 0 Å². The summed E-state index contributed by atoms with van der Waals surface area (Å²) in [6, 6.07) is 0. The Balaban J connectivity index is 4.38.